The molecule has 4 aromatic rings. The van der Waals surface area contributed by atoms with Crippen LogP contribution in [0.4, 0.5) is 35.1 Å². The van der Waals surface area contributed by atoms with Crippen LogP contribution in [-0.2, 0) is 9.59 Å². The van der Waals surface area contributed by atoms with E-state index in [9.17, 15) is 27.2 Å². The highest BCUT2D eigenvalue weighted by molar-refractivity contribution is 6.03. The predicted molar refractivity (Wildman–Crippen MR) is 146 cm³/mol. The number of hydrogen-bond acceptors (Lipinski definition) is 2. The molecule has 0 saturated heterocycles. The number of halogens is 8. The Bertz CT molecular complexity index is 1610. The number of carbonyl (C=O) groups excluding carboxylic acids is 2. The molecule has 4 aromatic carbocycles. The summed E-state index contributed by atoms with van der Waals surface area (Å²) in [5, 5.41) is 0. The second-order valence-corrected chi connectivity index (χ2v) is 10.1. The molecule has 10 heteroatoms. The zero-order chi connectivity index (χ0) is 31.7. The van der Waals surface area contributed by atoms with Gasteiger partial charge in [0.1, 0.15) is 46.5 Å². The summed E-state index contributed by atoms with van der Waals surface area (Å²) in [6, 6.07) is 11.3. The van der Waals surface area contributed by atoms with E-state index in [0.717, 1.165) is 84.9 Å². The van der Waals surface area contributed by atoms with Crippen molar-refractivity contribution in [3.8, 4) is 0 Å². The van der Waals surface area contributed by atoms with Crippen LogP contribution >= 0.6 is 0 Å². The Morgan fingerprint density at radius 1 is 0.432 bits per heavy atom. The number of carbonyl (C=O) groups is 2. The van der Waals surface area contributed by atoms with Crippen molar-refractivity contribution in [2.24, 2.45) is 11.8 Å². The molecule has 0 N–H and O–H groups in total. The van der Waals surface area contributed by atoms with Crippen molar-refractivity contribution < 1.29 is 44.7 Å². The molecule has 44 heavy (non-hydrogen) atoms. The lowest BCUT2D eigenvalue weighted by Gasteiger charge is -2.50. The van der Waals surface area contributed by atoms with E-state index in [1.807, 2.05) is 0 Å². The molecule has 0 amide bonds. The first-order chi connectivity index (χ1) is 21.0. The molecule has 1 saturated carbocycles. The summed E-state index contributed by atoms with van der Waals surface area (Å²) in [6.45, 7) is 0. The Morgan fingerprint density at radius 2 is 0.682 bits per heavy atom. The van der Waals surface area contributed by atoms with Crippen molar-refractivity contribution >= 4 is 23.7 Å². The van der Waals surface area contributed by atoms with Gasteiger partial charge in [-0.25, -0.2) is 35.1 Å². The van der Waals surface area contributed by atoms with E-state index >= 15 is 17.6 Å². The number of ketones is 2. The van der Waals surface area contributed by atoms with Gasteiger partial charge in [-0.2, -0.15) is 0 Å². The Morgan fingerprint density at radius 3 is 0.955 bits per heavy atom. The molecule has 0 atom stereocenters. The second kappa shape index (κ2) is 12.4. The Labute approximate surface area is 246 Å². The van der Waals surface area contributed by atoms with E-state index in [0.29, 0.717) is 12.2 Å². The standard InChI is InChI=1S/C34H20F8O2/c35-19-5-1-6-20(36)17(19)13-15-27(43)31-33(29-23(39)9-3-10-24(29)40)32(34(31)30-25(41)11-4-12-26(30)42)28(44)16-14-18-21(37)7-2-8-22(18)38/h1-16,31-34H/b15-13+,16-14+. The Kier molecular flexibility index (Phi) is 8.62. The van der Waals surface area contributed by atoms with Gasteiger partial charge in [0.2, 0.25) is 0 Å². The minimum Gasteiger partial charge on any atom is -0.294 e. The first-order valence-electron chi connectivity index (χ1n) is 13.2. The molecule has 1 aliphatic carbocycles. The highest BCUT2D eigenvalue weighted by Gasteiger charge is 2.59. The second-order valence-electron chi connectivity index (χ2n) is 10.1. The van der Waals surface area contributed by atoms with Crippen LogP contribution in [0, 0.1) is 58.4 Å². The van der Waals surface area contributed by atoms with Crippen molar-refractivity contribution in [2.75, 3.05) is 0 Å². The van der Waals surface area contributed by atoms with E-state index in [4.69, 9.17) is 0 Å². The molecule has 0 bridgehead atoms. The fourth-order valence-corrected chi connectivity index (χ4v) is 5.73. The minimum absolute atomic E-state index is 0.620. The summed E-state index contributed by atoms with van der Waals surface area (Å²) < 4.78 is 118. The summed E-state index contributed by atoms with van der Waals surface area (Å²) in [5.74, 6) is -17.7. The SMILES string of the molecule is O=C(/C=C/c1c(F)cccc1F)C1C(c2c(F)cccc2F)C(C(=O)/C=C/c2c(F)cccc2F)C1c1c(F)cccc1F. The molecule has 0 aliphatic heterocycles. The maximum atomic E-state index is 15.2. The van der Waals surface area contributed by atoms with Crippen LogP contribution in [0.2, 0.25) is 0 Å². The highest BCUT2D eigenvalue weighted by Crippen LogP contribution is 2.60. The molecule has 1 fully saturated rings. The van der Waals surface area contributed by atoms with E-state index in [2.05, 4.69) is 0 Å². The topological polar surface area (TPSA) is 34.1 Å². The van der Waals surface area contributed by atoms with Crippen molar-refractivity contribution in [3.63, 3.8) is 0 Å². The van der Waals surface area contributed by atoms with Crippen LogP contribution in [0.25, 0.3) is 12.2 Å². The van der Waals surface area contributed by atoms with Gasteiger partial charge in [0.05, 0.1) is 0 Å². The molecule has 5 rings (SSSR count). The molecule has 0 unspecified atom stereocenters. The van der Waals surface area contributed by atoms with Crippen LogP contribution in [0.1, 0.15) is 34.1 Å². The van der Waals surface area contributed by atoms with Gasteiger partial charge in [0.25, 0.3) is 0 Å². The van der Waals surface area contributed by atoms with Gasteiger partial charge in [-0.1, -0.05) is 24.3 Å². The maximum Gasteiger partial charge on any atom is 0.160 e. The third kappa shape index (κ3) is 5.59. The molecular formula is C34H20F8O2. The third-order valence-electron chi connectivity index (χ3n) is 7.70. The van der Waals surface area contributed by atoms with E-state index < -0.39 is 104 Å². The summed E-state index contributed by atoms with van der Waals surface area (Å²) in [4.78, 5) is 27.2. The van der Waals surface area contributed by atoms with Gasteiger partial charge in [-0.3, -0.25) is 9.59 Å². The molecule has 2 nitrogen and oxygen atoms in total. The number of benzene rings is 4. The van der Waals surface area contributed by atoms with Crippen LogP contribution in [0.5, 0.6) is 0 Å². The van der Waals surface area contributed by atoms with Gasteiger partial charge < -0.3 is 0 Å². The van der Waals surface area contributed by atoms with Crippen LogP contribution in [0.15, 0.2) is 84.9 Å². The smallest absolute Gasteiger partial charge is 0.160 e. The van der Waals surface area contributed by atoms with Crippen molar-refractivity contribution in [1.29, 1.82) is 0 Å². The molecular weight excluding hydrogens is 592 g/mol. The predicted octanol–water partition coefficient (Wildman–Crippen LogP) is 8.48. The zero-order valence-corrected chi connectivity index (χ0v) is 22.4. The lowest BCUT2D eigenvalue weighted by Crippen LogP contribution is -2.51. The fraction of sp³-hybridized carbons (Fsp3) is 0.118. The highest BCUT2D eigenvalue weighted by atomic mass is 19.2. The fourth-order valence-electron chi connectivity index (χ4n) is 5.73. The Hall–Kier alpha value is -4.86. The lowest BCUT2D eigenvalue weighted by molar-refractivity contribution is -0.133. The quantitative estimate of drug-likeness (QED) is 0.148. The number of allylic oxidation sites excluding steroid dienone is 2. The van der Waals surface area contributed by atoms with Crippen molar-refractivity contribution in [2.45, 2.75) is 11.8 Å². The van der Waals surface area contributed by atoms with Gasteiger partial charge >= 0.3 is 0 Å². The molecule has 0 spiro atoms. The summed E-state index contributed by atoms with van der Waals surface area (Å²) in [5.41, 5.74) is -2.73. The van der Waals surface area contributed by atoms with Gasteiger partial charge in [0, 0.05) is 45.9 Å². The van der Waals surface area contributed by atoms with Crippen molar-refractivity contribution in [3.05, 3.63) is 154 Å². The van der Waals surface area contributed by atoms with Gasteiger partial charge in [-0.05, 0) is 72.8 Å². The summed E-state index contributed by atoms with van der Waals surface area (Å²) in [6.07, 6.45) is 2.95. The van der Waals surface area contributed by atoms with Crippen LogP contribution < -0.4 is 0 Å². The Balaban J connectivity index is 1.67. The van der Waals surface area contributed by atoms with Crippen LogP contribution in [-0.4, -0.2) is 11.6 Å². The summed E-state index contributed by atoms with van der Waals surface area (Å²) in [7, 11) is 0. The van der Waals surface area contributed by atoms with Crippen LogP contribution in [0.3, 0.4) is 0 Å². The largest absolute Gasteiger partial charge is 0.294 e. The average Bonchev–Trinajstić information content (AvgIpc) is 2.95. The molecule has 0 radical (unpaired) electrons. The average molecular weight is 613 g/mol. The normalized spacial score (nSPS) is 19.8. The summed E-state index contributed by atoms with van der Waals surface area (Å²) >= 11 is 0. The number of rotatable bonds is 8. The van der Waals surface area contributed by atoms with Gasteiger partial charge in [0.15, 0.2) is 11.6 Å². The monoisotopic (exact) mass is 612 g/mol. The third-order valence-corrected chi connectivity index (χ3v) is 7.70. The molecule has 1 aliphatic rings. The maximum absolute atomic E-state index is 15.2. The lowest BCUT2D eigenvalue weighted by atomic mass is 9.50. The van der Waals surface area contributed by atoms with E-state index in [-0.39, 0.29) is 0 Å². The minimum atomic E-state index is -1.70. The first-order valence-corrected chi connectivity index (χ1v) is 13.2. The van der Waals surface area contributed by atoms with Gasteiger partial charge in [-0.15, -0.1) is 0 Å². The number of hydrogen-bond donors (Lipinski definition) is 0. The molecule has 0 heterocycles. The first kappa shape index (κ1) is 30.6. The van der Waals surface area contributed by atoms with E-state index in [1.165, 1.54) is 0 Å². The molecule has 224 valence electrons. The molecule has 0 aromatic heterocycles. The zero-order valence-electron chi connectivity index (χ0n) is 22.4. The van der Waals surface area contributed by atoms with Crippen molar-refractivity contribution in [1.82, 2.24) is 0 Å². The van der Waals surface area contributed by atoms with E-state index in [1.54, 1.807) is 0 Å².